The number of hydrogen-bond donors (Lipinski definition) is 2. The van der Waals surface area contributed by atoms with Gasteiger partial charge < -0.3 is 19.7 Å². The maximum atomic E-state index is 12.3. The zero-order chi connectivity index (χ0) is 27.4. The van der Waals surface area contributed by atoms with E-state index < -0.39 is 11.9 Å². The fourth-order valence-corrected chi connectivity index (χ4v) is 5.55. The summed E-state index contributed by atoms with van der Waals surface area (Å²) in [4.78, 5) is 54.9. The van der Waals surface area contributed by atoms with E-state index >= 15 is 0 Å². The molecule has 0 atom stereocenters. The molecule has 0 aliphatic rings. The number of ketones is 2. The van der Waals surface area contributed by atoms with Crippen LogP contribution in [-0.4, -0.2) is 57.9 Å². The number of benzene rings is 2. The van der Waals surface area contributed by atoms with Crippen molar-refractivity contribution >= 4 is 78.8 Å². The monoisotopic (exact) mass is 554 g/mol. The fourth-order valence-electron chi connectivity index (χ4n) is 3.63. The number of thiazole rings is 2. The largest absolute Gasteiger partial charge is 0.496 e. The van der Waals surface area contributed by atoms with Crippen LogP contribution in [0.1, 0.15) is 56.4 Å². The van der Waals surface area contributed by atoms with Crippen molar-refractivity contribution in [2.45, 2.75) is 25.7 Å². The zero-order valence-corrected chi connectivity index (χ0v) is 22.0. The predicted octanol–water partition coefficient (Wildman–Crippen LogP) is 5.19. The molecule has 0 unspecified atom stereocenters. The van der Waals surface area contributed by atoms with Crippen LogP contribution in [0.25, 0.3) is 32.6 Å². The van der Waals surface area contributed by atoms with Crippen molar-refractivity contribution in [1.82, 2.24) is 9.97 Å². The van der Waals surface area contributed by atoms with Crippen molar-refractivity contribution in [2.75, 3.05) is 14.2 Å². The lowest BCUT2D eigenvalue weighted by Gasteiger charge is -2.07. The van der Waals surface area contributed by atoms with Gasteiger partial charge in [-0.1, -0.05) is 12.2 Å². The van der Waals surface area contributed by atoms with Crippen LogP contribution in [0.2, 0.25) is 0 Å². The van der Waals surface area contributed by atoms with Crippen LogP contribution in [0.3, 0.4) is 0 Å². The van der Waals surface area contributed by atoms with E-state index in [1.165, 1.54) is 36.9 Å². The van der Waals surface area contributed by atoms with Gasteiger partial charge in [-0.25, -0.2) is 9.97 Å². The van der Waals surface area contributed by atoms with Gasteiger partial charge in [-0.2, -0.15) is 0 Å². The lowest BCUT2D eigenvalue weighted by Crippen LogP contribution is -2.03. The average molecular weight is 555 g/mol. The second-order valence-corrected chi connectivity index (χ2v) is 10.2. The fraction of sp³-hybridized carbons (Fsp3) is 0.231. The average Bonchev–Trinajstić information content (AvgIpc) is 3.51. The van der Waals surface area contributed by atoms with Gasteiger partial charge in [0.2, 0.25) is 0 Å². The van der Waals surface area contributed by atoms with E-state index in [0.29, 0.717) is 22.5 Å². The summed E-state index contributed by atoms with van der Waals surface area (Å²) in [6.45, 7) is 0. The van der Waals surface area contributed by atoms with Gasteiger partial charge in [0, 0.05) is 36.1 Å². The topological polar surface area (TPSA) is 153 Å². The lowest BCUT2D eigenvalue weighted by molar-refractivity contribution is -0.137. The molecule has 0 fully saturated rings. The Bertz CT molecular complexity index is 1480. The number of Topliss-reactive ketones (excluding diaryl/α,β-unsaturated/α-hetero) is 2. The number of carbonyl (C=O) groups excluding carboxylic acids is 2. The van der Waals surface area contributed by atoms with E-state index in [1.54, 1.807) is 12.1 Å². The summed E-state index contributed by atoms with van der Waals surface area (Å²) in [5.41, 5.74) is 2.60. The molecule has 0 saturated heterocycles. The normalized spacial score (nSPS) is 11.3. The number of carboxylic acid groups (broad SMARTS) is 2. The molecule has 0 amide bonds. The number of aromatic nitrogens is 2. The highest BCUT2D eigenvalue weighted by Crippen LogP contribution is 2.34. The maximum absolute atomic E-state index is 12.3. The first-order chi connectivity index (χ1) is 18.2. The summed E-state index contributed by atoms with van der Waals surface area (Å²) in [6, 6.07) is 7.12. The lowest BCUT2D eigenvalue weighted by atomic mass is 10.1. The molecule has 4 aromatic rings. The minimum Gasteiger partial charge on any atom is -0.496 e. The Kier molecular flexibility index (Phi) is 8.13. The molecule has 2 aromatic heterocycles. The van der Waals surface area contributed by atoms with Crippen LogP contribution < -0.4 is 9.47 Å². The minimum absolute atomic E-state index is 0.119. The van der Waals surface area contributed by atoms with Crippen LogP contribution in [0.4, 0.5) is 0 Å². The Morgan fingerprint density at radius 2 is 1.11 bits per heavy atom. The molecule has 0 spiro atoms. The first kappa shape index (κ1) is 26.9. The van der Waals surface area contributed by atoms with E-state index in [-0.39, 0.29) is 47.3 Å². The number of aliphatic carboxylic acids is 2. The van der Waals surface area contributed by atoms with Gasteiger partial charge in [-0.05, 0) is 12.1 Å². The summed E-state index contributed by atoms with van der Waals surface area (Å²) in [6.07, 6.45) is 2.91. The third-order valence-electron chi connectivity index (χ3n) is 5.53. The van der Waals surface area contributed by atoms with Gasteiger partial charge in [0.25, 0.3) is 0 Å². The van der Waals surface area contributed by atoms with Gasteiger partial charge >= 0.3 is 11.9 Å². The summed E-state index contributed by atoms with van der Waals surface area (Å²) in [5.74, 6) is -1.66. The zero-order valence-electron chi connectivity index (χ0n) is 20.3. The van der Waals surface area contributed by atoms with Gasteiger partial charge in [0.15, 0.2) is 21.6 Å². The number of rotatable bonds is 12. The van der Waals surface area contributed by atoms with Crippen LogP contribution in [-0.2, 0) is 9.59 Å². The first-order valence-electron chi connectivity index (χ1n) is 11.3. The standard InChI is InChI=1S/C26H22N2O8S2/c1-35-19-11-15-21(37-25(27-15)17(29)5-7-23(31)32)9-13(19)3-4-14-10-22-16(12-20(14)36-2)28-26(38-22)18(30)6-8-24(33)34/h3-4,9-12H,5-8H2,1-2H3,(H,31,32)(H,33,34)/b4-3-. The van der Waals surface area contributed by atoms with E-state index in [9.17, 15) is 19.2 Å². The molecule has 10 nitrogen and oxygen atoms in total. The Hall–Kier alpha value is -4.16. The number of carboxylic acids is 2. The molecular formula is C26H22N2O8S2. The molecule has 0 aliphatic heterocycles. The quantitative estimate of drug-likeness (QED) is 0.177. The second kappa shape index (κ2) is 11.5. The van der Waals surface area contributed by atoms with Crippen LogP contribution in [0.15, 0.2) is 24.3 Å². The van der Waals surface area contributed by atoms with Gasteiger partial charge in [-0.3, -0.25) is 19.2 Å². The molecule has 0 aliphatic carbocycles. The van der Waals surface area contributed by atoms with Crippen molar-refractivity contribution in [2.24, 2.45) is 0 Å². The van der Waals surface area contributed by atoms with Crippen molar-refractivity contribution in [3.63, 3.8) is 0 Å². The Labute approximate surface area is 224 Å². The van der Waals surface area contributed by atoms with Crippen molar-refractivity contribution in [1.29, 1.82) is 0 Å². The van der Waals surface area contributed by atoms with Gasteiger partial charge in [-0.15, -0.1) is 22.7 Å². The molecule has 0 radical (unpaired) electrons. The minimum atomic E-state index is -1.04. The van der Waals surface area contributed by atoms with E-state index in [1.807, 2.05) is 24.3 Å². The molecule has 2 heterocycles. The SMILES string of the molecule is COc1cc2nc(C(=O)CCC(=O)O)sc2cc1/C=C\c1cc2sc(C(=O)CCC(=O)O)nc2cc1OC. The van der Waals surface area contributed by atoms with Gasteiger partial charge in [0.1, 0.15) is 11.5 Å². The number of fused-ring (bicyclic) bond motifs is 2. The predicted molar refractivity (Wildman–Crippen MR) is 144 cm³/mol. The van der Waals surface area contributed by atoms with Gasteiger partial charge in [0.05, 0.1) is 47.5 Å². The highest BCUT2D eigenvalue weighted by Gasteiger charge is 2.17. The Balaban J connectivity index is 1.64. The smallest absolute Gasteiger partial charge is 0.303 e. The van der Waals surface area contributed by atoms with Crippen molar-refractivity contribution in [3.05, 3.63) is 45.4 Å². The molecule has 196 valence electrons. The first-order valence-corrected chi connectivity index (χ1v) is 13.0. The van der Waals surface area contributed by atoms with Crippen LogP contribution >= 0.6 is 22.7 Å². The molecule has 0 saturated carbocycles. The third-order valence-corrected chi connectivity index (χ3v) is 7.65. The number of methoxy groups -OCH3 is 2. The summed E-state index contributed by atoms with van der Waals surface area (Å²) >= 11 is 2.38. The third kappa shape index (κ3) is 6.03. The maximum Gasteiger partial charge on any atom is 0.303 e. The summed E-state index contributed by atoms with van der Waals surface area (Å²) < 4.78 is 12.5. The highest BCUT2D eigenvalue weighted by molar-refractivity contribution is 7.20. The van der Waals surface area contributed by atoms with Crippen LogP contribution in [0.5, 0.6) is 11.5 Å². The number of ether oxygens (including phenoxy) is 2. The molecule has 4 rings (SSSR count). The number of nitrogens with zero attached hydrogens (tertiary/aromatic N) is 2. The van der Waals surface area contributed by atoms with Crippen LogP contribution in [0, 0.1) is 0 Å². The Morgan fingerprint density at radius 3 is 1.45 bits per heavy atom. The molecule has 2 N–H and O–H groups in total. The Morgan fingerprint density at radius 1 is 0.711 bits per heavy atom. The van der Waals surface area contributed by atoms with E-state index in [2.05, 4.69) is 9.97 Å². The molecule has 2 aromatic carbocycles. The van der Waals surface area contributed by atoms with E-state index in [4.69, 9.17) is 19.7 Å². The van der Waals surface area contributed by atoms with Crippen molar-refractivity contribution < 1.29 is 38.9 Å². The van der Waals surface area contributed by atoms with E-state index in [0.717, 1.165) is 20.5 Å². The second-order valence-electron chi connectivity index (χ2n) is 8.13. The molecule has 38 heavy (non-hydrogen) atoms. The molecule has 12 heteroatoms. The summed E-state index contributed by atoms with van der Waals surface area (Å²) in [7, 11) is 3.05. The summed E-state index contributed by atoms with van der Waals surface area (Å²) in [5, 5.41) is 18.1. The van der Waals surface area contributed by atoms with Crippen molar-refractivity contribution in [3.8, 4) is 11.5 Å². The number of hydrogen-bond acceptors (Lipinski definition) is 10. The number of carbonyl (C=O) groups is 4. The highest BCUT2D eigenvalue weighted by atomic mass is 32.1. The molecule has 0 bridgehead atoms. The molecular weight excluding hydrogens is 532 g/mol.